The Morgan fingerprint density at radius 3 is 2.58 bits per heavy atom. The SMILES string of the molecule is CC(=O)c1cccc(NC(=O)CSc2nnc(-c3csc(C)c3-c3ccc(C)cc3)n2C)c1. The van der Waals surface area contributed by atoms with Gasteiger partial charge in [0.25, 0.3) is 0 Å². The van der Waals surface area contributed by atoms with Gasteiger partial charge in [-0.2, -0.15) is 0 Å². The van der Waals surface area contributed by atoms with Gasteiger partial charge >= 0.3 is 0 Å². The second-order valence-corrected chi connectivity index (χ2v) is 9.81. The number of aryl methyl sites for hydroxylation is 2. The van der Waals surface area contributed by atoms with E-state index in [0.717, 1.165) is 22.5 Å². The average molecular weight is 477 g/mol. The van der Waals surface area contributed by atoms with Crippen molar-refractivity contribution in [2.24, 2.45) is 7.05 Å². The van der Waals surface area contributed by atoms with Crippen LogP contribution in [0.2, 0.25) is 0 Å². The molecule has 0 spiro atoms. The number of thioether (sulfide) groups is 1. The van der Waals surface area contributed by atoms with Gasteiger partial charge in [0.2, 0.25) is 5.91 Å². The standard InChI is InChI=1S/C25H24N4O2S2/c1-15-8-10-18(11-9-15)23-17(3)32-13-21(23)24-27-28-25(29(24)4)33-14-22(31)26-20-7-5-6-19(12-20)16(2)30/h5-13H,14H2,1-4H3,(H,26,31). The molecule has 0 atom stereocenters. The van der Waals surface area contributed by atoms with Gasteiger partial charge in [-0.05, 0) is 38.5 Å². The molecule has 33 heavy (non-hydrogen) atoms. The minimum absolute atomic E-state index is 0.0410. The van der Waals surface area contributed by atoms with E-state index in [-0.39, 0.29) is 17.4 Å². The number of anilines is 1. The molecular formula is C25H24N4O2S2. The van der Waals surface area contributed by atoms with Gasteiger partial charge in [-0.3, -0.25) is 9.59 Å². The van der Waals surface area contributed by atoms with Gasteiger partial charge in [0.05, 0.1) is 5.75 Å². The highest BCUT2D eigenvalue weighted by Crippen LogP contribution is 2.38. The van der Waals surface area contributed by atoms with Crippen molar-refractivity contribution in [3.63, 3.8) is 0 Å². The van der Waals surface area contributed by atoms with Gasteiger partial charge in [-0.1, -0.05) is 53.7 Å². The largest absolute Gasteiger partial charge is 0.325 e. The van der Waals surface area contributed by atoms with Crippen molar-refractivity contribution in [3.05, 3.63) is 69.9 Å². The van der Waals surface area contributed by atoms with Gasteiger partial charge < -0.3 is 9.88 Å². The normalized spacial score (nSPS) is 10.9. The Hall–Kier alpha value is -3.23. The summed E-state index contributed by atoms with van der Waals surface area (Å²) < 4.78 is 1.92. The molecule has 2 aromatic heterocycles. The summed E-state index contributed by atoms with van der Waals surface area (Å²) in [4.78, 5) is 25.2. The quantitative estimate of drug-likeness (QED) is 0.271. The molecule has 4 rings (SSSR count). The summed E-state index contributed by atoms with van der Waals surface area (Å²) in [6.07, 6.45) is 0. The van der Waals surface area contributed by atoms with Crippen LogP contribution in [0.25, 0.3) is 22.5 Å². The number of Topliss-reactive ketones (excluding diaryl/α,β-unsaturated/α-hetero) is 1. The van der Waals surface area contributed by atoms with Crippen LogP contribution in [-0.2, 0) is 11.8 Å². The number of thiophene rings is 1. The van der Waals surface area contributed by atoms with E-state index in [2.05, 4.69) is 59.0 Å². The Balaban J connectivity index is 1.49. The topological polar surface area (TPSA) is 76.9 Å². The first-order valence-corrected chi connectivity index (χ1v) is 12.3. The molecule has 2 heterocycles. The number of ketones is 1. The molecule has 0 radical (unpaired) electrons. The van der Waals surface area contributed by atoms with Crippen LogP contribution in [0.4, 0.5) is 5.69 Å². The maximum atomic E-state index is 12.5. The predicted octanol–water partition coefficient (Wildman–Crippen LogP) is 5.76. The van der Waals surface area contributed by atoms with Crippen molar-refractivity contribution < 1.29 is 9.59 Å². The maximum Gasteiger partial charge on any atom is 0.234 e. The van der Waals surface area contributed by atoms with E-state index in [4.69, 9.17) is 0 Å². The number of carbonyl (C=O) groups excluding carboxylic acids is 2. The Bertz CT molecular complexity index is 1320. The summed E-state index contributed by atoms with van der Waals surface area (Å²) in [5.41, 5.74) is 5.73. The molecule has 0 aliphatic carbocycles. The third-order valence-corrected chi connectivity index (χ3v) is 7.21. The first-order valence-electron chi connectivity index (χ1n) is 10.4. The smallest absolute Gasteiger partial charge is 0.234 e. The molecule has 4 aromatic rings. The van der Waals surface area contributed by atoms with E-state index in [1.807, 2.05) is 11.6 Å². The summed E-state index contributed by atoms with van der Waals surface area (Å²) in [6, 6.07) is 15.4. The van der Waals surface area contributed by atoms with E-state index in [1.165, 1.54) is 29.1 Å². The molecule has 2 aromatic carbocycles. The molecule has 8 heteroatoms. The fourth-order valence-electron chi connectivity index (χ4n) is 3.52. The van der Waals surface area contributed by atoms with E-state index < -0.39 is 0 Å². The molecule has 0 unspecified atom stereocenters. The van der Waals surface area contributed by atoms with Crippen LogP contribution < -0.4 is 5.32 Å². The van der Waals surface area contributed by atoms with Crippen LogP contribution in [-0.4, -0.2) is 32.2 Å². The summed E-state index contributed by atoms with van der Waals surface area (Å²) in [7, 11) is 1.91. The highest BCUT2D eigenvalue weighted by atomic mass is 32.2. The molecule has 0 bridgehead atoms. The van der Waals surface area contributed by atoms with Crippen molar-refractivity contribution >= 4 is 40.5 Å². The van der Waals surface area contributed by atoms with Crippen molar-refractivity contribution in [2.75, 3.05) is 11.1 Å². The lowest BCUT2D eigenvalue weighted by atomic mass is 10.0. The van der Waals surface area contributed by atoms with E-state index >= 15 is 0 Å². The zero-order valence-electron chi connectivity index (χ0n) is 18.9. The van der Waals surface area contributed by atoms with Crippen LogP contribution in [0.1, 0.15) is 27.7 Å². The summed E-state index contributed by atoms with van der Waals surface area (Å²) in [5, 5.41) is 14.4. The molecule has 1 N–H and O–H groups in total. The zero-order chi connectivity index (χ0) is 23.5. The van der Waals surface area contributed by atoms with Gasteiger partial charge in [-0.15, -0.1) is 21.5 Å². The van der Waals surface area contributed by atoms with Crippen LogP contribution >= 0.6 is 23.1 Å². The van der Waals surface area contributed by atoms with Gasteiger partial charge in [-0.25, -0.2) is 0 Å². The fraction of sp³-hybridized carbons (Fsp3) is 0.200. The van der Waals surface area contributed by atoms with Crippen molar-refractivity contribution in [3.8, 4) is 22.5 Å². The third-order valence-electron chi connectivity index (χ3n) is 5.28. The predicted molar refractivity (Wildman–Crippen MR) is 135 cm³/mol. The number of carbonyl (C=O) groups is 2. The number of amides is 1. The van der Waals surface area contributed by atoms with Crippen LogP contribution in [0.5, 0.6) is 0 Å². The Morgan fingerprint density at radius 2 is 1.85 bits per heavy atom. The number of benzene rings is 2. The Labute approximate surface area is 201 Å². The van der Waals surface area contributed by atoms with E-state index in [0.29, 0.717) is 16.4 Å². The molecule has 0 aliphatic rings. The summed E-state index contributed by atoms with van der Waals surface area (Å²) in [5.74, 6) is 0.744. The van der Waals surface area contributed by atoms with E-state index in [9.17, 15) is 9.59 Å². The lowest BCUT2D eigenvalue weighted by Crippen LogP contribution is -2.14. The van der Waals surface area contributed by atoms with Crippen LogP contribution in [0, 0.1) is 13.8 Å². The molecule has 0 saturated heterocycles. The molecule has 168 valence electrons. The lowest BCUT2D eigenvalue weighted by molar-refractivity contribution is -0.113. The Morgan fingerprint density at radius 1 is 1.09 bits per heavy atom. The van der Waals surface area contributed by atoms with Crippen LogP contribution in [0.3, 0.4) is 0 Å². The monoisotopic (exact) mass is 476 g/mol. The number of nitrogens with zero attached hydrogens (tertiary/aromatic N) is 3. The fourth-order valence-corrected chi connectivity index (χ4v) is 5.09. The average Bonchev–Trinajstić information content (AvgIpc) is 3.35. The van der Waals surface area contributed by atoms with Crippen molar-refractivity contribution in [1.29, 1.82) is 0 Å². The molecular weight excluding hydrogens is 452 g/mol. The second kappa shape index (κ2) is 9.72. The Kier molecular flexibility index (Phi) is 6.76. The third kappa shape index (κ3) is 5.07. The molecule has 0 aliphatic heterocycles. The lowest BCUT2D eigenvalue weighted by Gasteiger charge is -2.08. The minimum atomic E-state index is -0.169. The number of rotatable bonds is 7. The number of aromatic nitrogens is 3. The highest BCUT2D eigenvalue weighted by molar-refractivity contribution is 7.99. The highest BCUT2D eigenvalue weighted by Gasteiger charge is 2.19. The number of hydrogen-bond donors (Lipinski definition) is 1. The van der Waals surface area contributed by atoms with Crippen LogP contribution in [0.15, 0.2) is 59.1 Å². The summed E-state index contributed by atoms with van der Waals surface area (Å²) >= 11 is 3.01. The second-order valence-electron chi connectivity index (χ2n) is 7.79. The first-order chi connectivity index (χ1) is 15.8. The molecule has 0 saturated carbocycles. The van der Waals surface area contributed by atoms with Crippen molar-refractivity contribution in [1.82, 2.24) is 14.8 Å². The summed E-state index contributed by atoms with van der Waals surface area (Å²) in [6.45, 7) is 5.69. The number of hydrogen-bond acceptors (Lipinski definition) is 6. The zero-order valence-corrected chi connectivity index (χ0v) is 20.5. The minimum Gasteiger partial charge on any atom is -0.325 e. The molecule has 0 fully saturated rings. The van der Waals surface area contributed by atoms with E-state index in [1.54, 1.807) is 35.6 Å². The van der Waals surface area contributed by atoms with Crippen molar-refractivity contribution in [2.45, 2.75) is 25.9 Å². The van der Waals surface area contributed by atoms with Gasteiger partial charge in [0.1, 0.15) is 0 Å². The van der Waals surface area contributed by atoms with Gasteiger partial charge in [0, 0.05) is 39.7 Å². The van der Waals surface area contributed by atoms with Gasteiger partial charge in [0.15, 0.2) is 16.8 Å². The maximum absolute atomic E-state index is 12.5. The molecule has 1 amide bonds. The number of nitrogens with one attached hydrogen (secondary N) is 1. The first kappa shape index (κ1) is 22.9. The molecule has 6 nitrogen and oxygen atoms in total.